The summed E-state index contributed by atoms with van der Waals surface area (Å²) in [5.41, 5.74) is 2.35. The number of hydrogen-bond acceptors (Lipinski definition) is 5. The van der Waals surface area contributed by atoms with Gasteiger partial charge in [0.15, 0.2) is 17.3 Å². The van der Waals surface area contributed by atoms with E-state index in [1.807, 2.05) is 30.3 Å². The van der Waals surface area contributed by atoms with Crippen molar-refractivity contribution >= 4 is 17.6 Å². The maximum Gasteiger partial charge on any atom is 0.247 e. The molecule has 174 valence electrons. The van der Waals surface area contributed by atoms with Crippen molar-refractivity contribution in [1.82, 2.24) is 15.5 Å². The Hall–Kier alpha value is -3.81. The Morgan fingerprint density at radius 1 is 1.06 bits per heavy atom. The lowest BCUT2D eigenvalue weighted by molar-refractivity contribution is -0.125. The SMILES string of the molecule is COc1cccc(CC(=O)NC(C)C(=O)Nc2cc(C(C)(C)c3ccccc3)[nH]n2)c1OC. The zero-order valence-electron chi connectivity index (χ0n) is 19.6. The van der Waals surface area contributed by atoms with E-state index in [-0.39, 0.29) is 23.7 Å². The van der Waals surface area contributed by atoms with Gasteiger partial charge in [0.05, 0.1) is 20.6 Å². The summed E-state index contributed by atoms with van der Waals surface area (Å²) < 4.78 is 10.6. The monoisotopic (exact) mass is 450 g/mol. The largest absolute Gasteiger partial charge is 0.493 e. The highest BCUT2D eigenvalue weighted by Gasteiger charge is 2.26. The topological polar surface area (TPSA) is 105 Å². The fourth-order valence-corrected chi connectivity index (χ4v) is 3.57. The van der Waals surface area contributed by atoms with Crippen LogP contribution < -0.4 is 20.1 Å². The Labute approximate surface area is 193 Å². The van der Waals surface area contributed by atoms with Crippen LogP contribution in [0.25, 0.3) is 0 Å². The van der Waals surface area contributed by atoms with Gasteiger partial charge in [-0.3, -0.25) is 14.7 Å². The predicted molar refractivity (Wildman–Crippen MR) is 127 cm³/mol. The maximum absolute atomic E-state index is 12.6. The standard InChI is InChI=1S/C25H30N4O4/c1-16(26-22(30)14-17-10-9-13-19(32-4)23(17)33-5)24(31)27-21-15-20(28-29-21)25(2,3)18-11-7-6-8-12-18/h6-13,15-16H,14H2,1-5H3,(H,26,30)(H2,27,28,29,31). The van der Waals surface area contributed by atoms with Crippen LogP contribution in [-0.2, 0) is 21.4 Å². The molecular formula is C25H30N4O4. The second kappa shape index (κ2) is 10.2. The lowest BCUT2D eigenvalue weighted by atomic mass is 9.82. The Kier molecular flexibility index (Phi) is 7.37. The molecule has 2 aromatic carbocycles. The van der Waals surface area contributed by atoms with Gasteiger partial charge in [-0.2, -0.15) is 5.10 Å². The second-order valence-electron chi connectivity index (χ2n) is 8.27. The Morgan fingerprint density at radius 2 is 1.79 bits per heavy atom. The third-order valence-corrected chi connectivity index (χ3v) is 5.60. The Balaban J connectivity index is 1.61. The summed E-state index contributed by atoms with van der Waals surface area (Å²) in [4.78, 5) is 25.2. The number of nitrogens with zero attached hydrogens (tertiary/aromatic N) is 1. The quantitative estimate of drug-likeness (QED) is 0.463. The molecule has 1 aromatic heterocycles. The van der Waals surface area contributed by atoms with Crippen LogP contribution >= 0.6 is 0 Å². The van der Waals surface area contributed by atoms with Gasteiger partial charge in [0.2, 0.25) is 11.8 Å². The Bertz CT molecular complexity index is 1110. The molecule has 0 aliphatic rings. The van der Waals surface area contributed by atoms with Gasteiger partial charge in [-0.15, -0.1) is 0 Å². The van der Waals surface area contributed by atoms with Crippen molar-refractivity contribution in [2.45, 2.75) is 38.6 Å². The highest BCUT2D eigenvalue weighted by molar-refractivity contribution is 5.96. The molecule has 0 radical (unpaired) electrons. The fourth-order valence-electron chi connectivity index (χ4n) is 3.57. The third-order valence-electron chi connectivity index (χ3n) is 5.60. The first kappa shape index (κ1) is 23.8. The van der Waals surface area contributed by atoms with Crippen LogP contribution in [0.2, 0.25) is 0 Å². The summed E-state index contributed by atoms with van der Waals surface area (Å²) in [6.45, 7) is 5.78. The summed E-state index contributed by atoms with van der Waals surface area (Å²) in [6, 6.07) is 16.4. The first-order valence-electron chi connectivity index (χ1n) is 10.7. The zero-order chi connectivity index (χ0) is 24.0. The first-order chi connectivity index (χ1) is 15.8. The molecule has 0 fully saturated rings. The molecule has 3 rings (SSSR count). The van der Waals surface area contributed by atoms with E-state index < -0.39 is 6.04 Å². The van der Waals surface area contributed by atoms with Crippen molar-refractivity contribution in [2.75, 3.05) is 19.5 Å². The predicted octanol–water partition coefficient (Wildman–Crippen LogP) is 3.44. The number of carbonyl (C=O) groups excluding carboxylic acids is 2. The van der Waals surface area contributed by atoms with Crippen LogP contribution in [0.3, 0.4) is 0 Å². The number of H-pyrrole nitrogens is 1. The van der Waals surface area contributed by atoms with Gasteiger partial charge in [-0.1, -0.05) is 56.3 Å². The molecule has 0 saturated carbocycles. The molecule has 33 heavy (non-hydrogen) atoms. The van der Waals surface area contributed by atoms with Gasteiger partial charge in [-0.05, 0) is 18.6 Å². The number of nitrogens with one attached hydrogen (secondary N) is 3. The van der Waals surface area contributed by atoms with Crippen LogP contribution in [0.4, 0.5) is 5.82 Å². The minimum Gasteiger partial charge on any atom is -0.493 e. The summed E-state index contributed by atoms with van der Waals surface area (Å²) in [7, 11) is 3.06. The van der Waals surface area contributed by atoms with Crippen molar-refractivity contribution in [3.8, 4) is 11.5 Å². The minimum atomic E-state index is -0.753. The number of benzene rings is 2. The van der Waals surface area contributed by atoms with E-state index in [1.54, 1.807) is 31.2 Å². The molecule has 8 nitrogen and oxygen atoms in total. The van der Waals surface area contributed by atoms with Crippen molar-refractivity contribution in [3.63, 3.8) is 0 Å². The number of hydrogen-bond donors (Lipinski definition) is 3. The van der Waals surface area contributed by atoms with Gasteiger partial charge in [0.1, 0.15) is 6.04 Å². The average Bonchev–Trinajstić information content (AvgIpc) is 3.28. The van der Waals surface area contributed by atoms with Gasteiger partial charge in [-0.25, -0.2) is 0 Å². The summed E-state index contributed by atoms with van der Waals surface area (Å²) in [5, 5.41) is 12.7. The van der Waals surface area contributed by atoms with Crippen LogP contribution in [0.15, 0.2) is 54.6 Å². The van der Waals surface area contributed by atoms with Crippen molar-refractivity contribution in [2.24, 2.45) is 0 Å². The first-order valence-corrected chi connectivity index (χ1v) is 10.7. The zero-order valence-corrected chi connectivity index (χ0v) is 19.6. The van der Waals surface area contributed by atoms with Crippen LogP contribution in [0.5, 0.6) is 11.5 Å². The van der Waals surface area contributed by atoms with Crippen LogP contribution in [-0.4, -0.2) is 42.3 Å². The molecule has 3 aromatic rings. The lowest BCUT2D eigenvalue weighted by Crippen LogP contribution is -2.42. The molecule has 0 spiro atoms. The third kappa shape index (κ3) is 5.52. The number of ether oxygens (including phenoxy) is 2. The fraction of sp³-hybridized carbons (Fsp3) is 0.320. The number of aromatic amines is 1. The minimum absolute atomic E-state index is 0.0514. The Morgan fingerprint density at radius 3 is 2.45 bits per heavy atom. The van der Waals surface area contributed by atoms with Crippen molar-refractivity contribution < 1.29 is 19.1 Å². The maximum atomic E-state index is 12.6. The molecule has 0 bridgehead atoms. The smallest absolute Gasteiger partial charge is 0.247 e. The van der Waals surface area contributed by atoms with Gasteiger partial charge < -0.3 is 20.1 Å². The molecule has 0 aliphatic carbocycles. The van der Waals surface area contributed by atoms with E-state index in [4.69, 9.17) is 9.47 Å². The van der Waals surface area contributed by atoms with Gasteiger partial charge in [0.25, 0.3) is 0 Å². The molecule has 8 heteroatoms. The van der Waals surface area contributed by atoms with Gasteiger partial charge >= 0.3 is 0 Å². The van der Waals surface area contributed by atoms with E-state index in [2.05, 4.69) is 34.7 Å². The number of anilines is 1. The molecule has 1 atom stereocenters. The number of para-hydroxylation sites is 1. The molecule has 2 amide bonds. The molecule has 0 saturated heterocycles. The van der Waals surface area contributed by atoms with E-state index >= 15 is 0 Å². The summed E-state index contributed by atoms with van der Waals surface area (Å²) >= 11 is 0. The number of methoxy groups -OCH3 is 2. The van der Waals surface area contributed by atoms with E-state index in [0.29, 0.717) is 22.9 Å². The molecule has 1 unspecified atom stereocenters. The van der Waals surface area contributed by atoms with Crippen LogP contribution in [0, 0.1) is 0 Å². The molecule has 0 aliphatic heterocycles. The number of aromatic nitrogens is 2. The van der Waals surface area contributed by atoms with Crippen molar-refractivity contribution in [1.29, 1.82) is 0 Å². The van der Waals surface area contributed by atoms with E-state index in [9.17, 15) is 9.59 Å². The van der Waals surface area contributed by atoms with Crippen molar-refractivity contribution in [3.05, 3.63) is 71.4 Å². The summed E-state index contributed by atoms with van der Waals surface area (Å²) in [6.07, 6.45) is 0.0514. The number of carbonyl (C=O) groups is 2. The summed E-state index contributed by atoms with van der Waals surface area (Å²) in [5.74, 6) is 0.766. The van der Waals surface area contributed by atoms with Crippen LogP contribution in [0.1, 0.15) is 37.6 Å². The number of rotatable bonds is 9. The highest BCUT2D eigenvalue weighted by atomic mass is 16.5. The van der Waals surface area contributed by atoms with Gasteiger partial charge in [0, 0.05) is 22.7 Å². The lowest BCUT2D eigenvalue weighted by Gasteiger charge is -2.23. The molecular weight excluding hydrogens is 420 g/mol. The molecule has 3 N–H and O–H groups in total. The second-order valence-corrected chi connectivity index (χ2v) is 8.27. The normalized spacial score (nSPS) is 12.0. The average molecular weight is 451 g/mol. The molecule has 1 heterocycles. The number of amides is 2. The van der Waals surface area contributed by atoms with E-state index in [0.717, 1.165) is 11.3 Å². The van der Waals surface area contributed by atoms with E-state index in [1.165, 1.54) is 14.2 Å². The highest BCUT2D eigenvalue weighted by Crippen LogP contribution is 2.32.